The van der Waals surface area contributed by atoms with Gasteiger partial charge in [0.25, 0.3) is 0 Å². The number of likely N-dealkylation sites (tertiary alicyclic amines) is 1. The quantitative estimate of drug-likeness (QED) is 0.939. The Bertz CT molecular complexity index is 648. The molecule has 0 aliphatic carbocycles. The van der Waals surface area contributed by atoms with Gasteiger partial charge in [-0.1, -0.05) is 11.2 Å². The van der Waals surface area contributed by atoms with Crippen molar-refractivity contribution in [2.45, 2.75) is 32.7 Å². The van der Waals surface area contributed by atoms with E-state index in [2.05, 4.69) is 33.3 Å². The number of nitrogens with zero attached hydrogens (tertiary/aromatic N) is 3. The largest absolute Gasteiger partial charge is 0.360 e. The summed E-state index contributed by atoms with van der Waals surface area (Å²) in [5.74, 6) is 1.26. The first-order valence-corrected chi connectivity index (χ1v) is 8.01. The number of aromatic nitrogens is 2. The summed E-state index contributed by atoms with van der Waals surface area (Å²) in [6.07, 6.45) is 5.41. The van der Waals surface area contributed by atoms with Gasteiger partial charge >= 0.3 is 0 Å². The average Bonchev–Trinajstić information content (AvgIpc) is 3.00. The predicted octanol–water partition coefficient (Wildman–Crippen LogP) is 2.79. The van der Waals surface area contributed by atoms with E-state index < -0.39 is 0 Å². The zero-order valence-corrected chi connectivity index (χ0v) is 13.5. The Morgan fingerprint density at radius 3 is 2.83 bits per heavy atom. The molecule has 23 heavy (non-hydrogen) atoms. The highest BCUT2D eigenvalue weighted by Gasteiger charge is 2.28. The van der Waals surface area contributed by atoms with E-state index in [-0.39, 0.29) is 11.8 Å². The van der Waals surface area contributed by atoms with Crippen molar-refractivity contribution in [3.05, 3.63) is 41.9 Å². The molecule has 1 N–H and O–H groups in total. The summed E-state index contributed by atoms with van der Waals surface area (Å²) >= 11 is 0. The summed E-state index contributed by atoms with van der Waals surface area (Å²) in [6.45, 7) is 5.81. The van der Waals surface area contributed by atoms with Crippen LogP contribution < -0.4 is 5.32 Å². The van der Waals surface area contributed by atoms with Gasteiger partial charge in [0.15, 0.2) is 5.82 Å². The molecule has 0 aromatic carbocycles. The fraction of sp³-hybridized carbons (Fsp3) is 0.471. The van der Waals surface area contributed by atoms with Crippen LogP contribution in [0.4, 0.5) is 5.82 Å². The number of pyridine rings is 1. The van der Waals surface area contributed by atoms with E-state index in [0.29, 0.717) is 17.6 Å². The van der Waals surface area contributed by atoms with E-state index in [1.807, 2.05) is 12.3 Å². The Balaban J connectivity index is 1.53. The first kappa shape index (κ1) is 15.7. The van der Waals surface area contributed by atoms with Gasteiger partial charge in [0.1, 0.15) is 5.76 Å². The van der Waals surface area contributed by atoms with E-state index in [1.165, 1.54) is 5.56 Å². The molecule has 2 aromatic rings. The van der Waals surface area contributed by atoms with Gasteiger partial charge in [-0.25, -0.2) is 0 Å². The van der Waals surface area contributed by atoms with E-state index in [9.17, 15) is 4.79 Å². The van der Waals surface area contributed by atoms with Crippen LogP contribution in [0, 0.1) is 12.8 Å². The van der Waals surface area contributed by atoms with Gasteiger partial charge in [0, 0.05) is 30.4 Å². The second-order valence-corrected chi connectivity index (χ2v) is 6.08. The smallest absolute Gasteiger partial charge is 0.228 e. The predicted molar refractivity (Wildman–Crippen MR) is 86.8 cm³/mol. The Morgan fingerprint density at radius 1 is 1.43 bits per heavy atom. The molecule has 6 nitrogen and oxygen atoms in total. The second kappa shape index (κ2) is 6.91. The molecule has 122 valence electrons. The minimum absolute atomic E-state index is 0.0318. The molecular weight excluding hydrogens is 292 g/mol. The summed E-state index contributed by atoms with van der Waals surface area (Å²) in [7, 11) is 0. The van der Waals surface area contributed by atoms with Crippen molar-refractivity contribution in [2.75, 3.05) is 18.4 Å². The fourth-order valence-corrected chi connectivity index (χ4v) is 3.04. The van der Waals surface area contributed by atoms with Crippen LogP contribution in [0.15, 0.2) is 35.1 Å². The molecule has 1 aliphatic heterocycles. The highest BCUT2D eigenvalue weighted by Crippen LogP contribution is 2.26. The van der Waals surface area contributed by atoms with Crippen LogP contribution >= 0.6 is 0 Å². The highest BCUT2D eigenvalue weighted by atomic mass is 16.5. The van der Waals surface area contributed by atoms with Crippen LogP contribution in [-0.4, -0.2) is 34.0 Å². The van der Waals surface area contributed by atoms with Crippen molar-refractivity contribution in [2.24, 2.45) is 5.92 Å². The van der Waals surface area contributed by atoms with Crippen molar-refractivity contribution in [3.8, 4) is 0 Å². The minimum atomic E-state index is 0.0318. The van der Waals surface area contributed by atoms with Crippen LogP contribution in [-0.2, 0) is 4.79 Å². The van der Waals surface area contributed by atoms with Crippen molar-refractivity contribution < 1.29 is 9.32 Å². The lowest BCUT2D eigenvalue weighted by atomic mass is 9.94. The number of anilines is 1. The van der Waals surface area contributed by atoms with Gasteiger partial charge < -0.3 is 9.84 Å². The molecule has 6 heteroatoms. The van der Waals surface area contributed by atoms with E-state index >= 15 is 0 Å². The number of amides is 1. The summed E-state index contributed by atoms with van der Waals surface area (Å²) < 4.78 is 4.97. The SMILES string of the molecule is Cc1cc(NC(=O)C2CCN([C@@H](C)c3cccnc3)CC2)no1. The Labute approximate surface area is 135 Å². The van der Waals surface area contributed by atoms with Crippen LogP contribution in [0.25, 0.3) is 0 Å². The number of aryl methyl sites for hydroxylation is 1. The number of carbonyl (C=O) groups excluding carboxylic acids is 1. The van der Waals surface area contributed by atoms with E-state index in [1.54, 1.807) is 19.2 Å². The van der Waals surface area contributed by atoms with Gasteiger partial charge in [-0.05, 0) is 51.4 Å². The maximum atomic E-state index is 12.3. The van der Waals surface area contributed by atoms with Gasteiger partial charge in [0.2, 0.25) is 5.91 Å². The third-order valence-electron chi connectivity index (χ3n) is 4.49. The van der Waals surface area contributed by atoms with Crippen molar-refractivity contribution in [3.63, 3.8) is 0 Å². The minimum Gasteiger partial charge on any atom is -0.360 e. The first-order chi connectivity index (χ1) is 11.1. The van der Waals surface area contributed by atoms with Crippen molar-refractivity contribution in [1.29, 1.82) is 0 Å². The molecule has 1 saturated heterocycles. The molecule has 1 fully saturated rings. The lowest BCUT2D eigenvalue weighted by molar-refractivity contribution is -0.121. The zero-order valence-electron chi connectivity index (χ0n) is 13.5. The number of carbonyl (C=O) groups is 1. The number of nitrogens with one attached hydrogen (secondary N) is 1. The van der Waals surface area contributed by atoms with Gasteiger partial charge in [-0.2, -0.15) is 0 Å². The van der Waals surface area contributed by atoms with Gasteiger partial charge in [-0.3, -0.25) is 14.7 Å². The van der Waals surface area contributed by atoms with Crippen LogP contribution in [0.3, 0.4) is 0 Å². The summed E-state index contributed by atoms with van der Waals surface area (Å²) in [5.41, 5.74) is 1.22. The molecule has 1 aliphatic rings. The molecule has 1 amide bonds. The Morgan fingerprint density at radius 2 is 2.22 bits per heavy atom. The standard InChI is InChI=1S/C17H22N4O2/c1-12-10-16(20-23-12)19-17(22)14-5-8-21(9-6-14)13(2)15-4-3-7-18-11-15/h3-4,7,10-11,13-14H,5-6,8-9H2,1-2H3,(H,19,20,22)/t13-/m0/s1. The molecule has 0 radical (unpaired) electrons. The zero-order chi connectivity index (χ0) is 16.2. The normalized spacial score (nSPS) is 17.8. The third kappa shape index (κ3) is 3.76. The number of hydrogen-bond acceptors (Lipinski definition) is 5. The number of hydrogen-bond donors (Lipinski definition) is 1. The van der Waals surface area contributed by atoms with Crippen LogP contribution in [0.5, 0.6) is 0 Å². The molecule has 3 rings (SSSR count). The molecular formula is C17H22N4O2. The number of rotatable bonds is 4. The summed E-state index contributed by atoms with van der Waals surface area (Å²) in [4.78, 5) is 18.9. The van der Waals surface area contributed by atoms with Gasteiger partial charge in [-0.15, -0.1) is 0 Å². The van der Waals surface area contributed by atoms with Crippen LogP contribution in [0.2, 0.25) is 0 Å². The molecule has 3 heterocycles. The molecule has 0 unspecified atom stereocenters. The van der Waals surface area contributed by atoms with Crippen LogP contribution in [0.1, 0.15) is 37.1 Å². The van der Waals surface area contributed by atoms with E-state index in [4.69, 9.17) is 4.52 Å². The van der Waals surface area contributed by atoms with Gasteiger partial charge in [0.05, 0.1) is 0 Å². The maximum absolute atomic E-state index is 12.3. The molecule has 0 saturated carbocycles. The molecule has 0 bridgehead atoms. The summed E-state index contributed by atoms with van der Waals surface area (Å²) in [5, 5.41) is 6.65. The monoisotopic (exact) mass is 314 g/mol. The second-order valence-electron chi connectivity index (χ2n) is 6.08. The molecule has 2 aromatic heterocycles. The lowest BCUT2D eigenvalue weighted by Crippen LogP contribution is -2.39. The van der Waals surface area contributed by atoms with E-state index in [0.717, 1.165) is 25.9 Å². The lowest BCUT2D eigenvalue weighted by Gasteiger charge is -2.35. The molecule has 0 spiro atoms. The number of piperidine rings is 1. The average molecular weight is 314 g/mol. The fourth-order valence-electron chi connectivity index (χ4n) is 3.04. The molecule has 1 atom stereocenters. The first-order valence-electron chi connectivity index (χ1n) is 8.01. The highest BCUT2D eigenvalue weighted by molar-refractivity contribution is 5.91. The summed E-state index contributed by atoms with van der Waals surface area (Å²) in [6, 6.07) is 6.12. The van der Waals surface area contributed by atoms with Crippen molar-refractivity contribution in [1.82, 2.24) is 15.0 Å². The topological polar surface area (TPSA) is 71.3 Å². The Kier molecular flexibility index (Phi) is 4.71. The third-order valence-corrected chi connectivity index (χ3v) is 4.49. The Hall–Kier alpha value is -2.21. The maximum Gasteiger partial charge on any atom is 0.228 e. The van der Waals surface area contributed by atoms with Crippen molar-refractivity contribution >= 4 is 11.7 Å².